The van der Waals surface area contributed by atoms with Crippen molar-refractivity contribution in [3.05, 3.63) is 59.7 Å². The fourth-order valence-corrected chi connectivity index (χ4v) is 3.19. The fourth-order valence-electron chi connectivity index (χ4n) is 3.19. The van der Waals surface area contributed by atoms with Crippen LogP contribution in [0.3, 0.4) is 0 Å². The van der Waals surface area contributed by atoms with Crippen LogP contribution in [0.4, 0.5) is 0 Å². The molecule has 0 unspecified atom stereocenters. The Kier molecular flexibility index (Phi) is 5.27. The van der Waals surface area contributed by atoms with Gasteiger partial charge in [-0.2, -0.15) is 0 Å². The maximum Gasteiger partial charge on any atom is 0.137 e. The molecule has 0 aliphatic carbocycles. The Labute approximate surface area is 148 Å². The maximum atomic E-state index is 10.9. The molecule has 5 nitrogen and oxygen atoms in total. The van der Waals surface area contributed by atoms with Crippen molar-refractivity contribution < 1.29 is 20.1 Å². The van der Waals surface area contributed by atoms with Gasteiger partial charge in [-0.25, -0.2) is 0 Å². The molecule has 3 rings (SSSR count). The zero-order valence-electron chi connectivity index (χ0n) is 14.4. The first-order valence-corrected chi connectivity index (χ1v) is 8.55. The van der Waals surface area contributed by atoms with Gasteiger partial charge in [-0.1, -0.05) is 24.3 Å². The number of likely N-dealkylation sites (tertiary alicyclic amines) is 1. The van der Waals surface area contributed by atoms with Crippen LogP contribution < -0.4 is 4.74 Å². The van der Waals surface area contributed by atoms with Gasteiger partial charge in [0.1, 0.15) is 23.7 Å². The number of hydrogen-bond acceptors (Lipinski definition) is 5. The van der Waals surface area contributed by atoms with Crippen molar-refractivity contribution in [1.82, 2.24) is 4.90 Å². The molecule has 0 spiro atoms. The van der Waals surface area contributed by atoms with Gasteiger partial charge in [0.2, 0.25) is 0 Å². The van der Waals surface area contributed by atoms with E-state index in [1.165, 1.54) is 0 Å². The van der Waals surface area contributed by atoms with Crippen LogP contribution in [0.25, 0.3) is 0 Å². The minimum atomic E-state index is -1.31. The van der Waals surface area contributed by atoms with E-state index in [4.69, 9.17) is 4.74 Å². The van der Waals surface area contributed by atoms with Crippen molar-refractivity contribution >= 4 is 0 Å². The second kappa shape index (κ2) is 7.44. The molecule has 0 amide bonds. The van der Waals surface area contributed by atoms with E-state index in [-0.39, 0.29) is 12.4 Å². The summed E-state index contributed by atoms with van der Waals surface area (Å²) < 4.78 is 5.74. The van der Waals surface area contributed by atoms with E-state index in [1.54, 1.807) is 12.1 Å². The van der Waals surface area contributed by atoms with Crippen LogP contribution in [-0.2, 0) is 6.54 Å². The van der Waals surface area contributed by atoms with Gasteiger partial charge in [0, 0.05) is 19.6 Å². The predicted molar refractivity (Wildman–Crippen MR) is 95.6 cm³/mol. The Bertz CT molecular complexity index is 703. The zero-order valence-corrected chi connectivity index (χ0v) is 14.4. The van der Waals surface area contributed by atoms with Crippen LogP contribution in [0.1, 0.15) is 17.5 Å². The predicted octanol–water partition coefficient (Wildman–Crippen LogP) is 2.08. The normalized spacial score (nSPS) is 24.2. The first-order chi connectivity index (χ1) is 11.9. The third kappa shape index (κ3) is 4.51. The lowest BCUT2D eigenvalue weighted by Crippen LogP contribution is -2.59. The molecular formula is C20H25NO4. The van der Waals surface area contributed by atoms with Gasteiger partial charge in [0.15, 0.2) is 0 Å². The quantitative estimate of drug-likeness (QED) is 0.775. The summed E-state index contributed by atoms with van der Waals surface area (Å²) in [5.74, 6) is 0.928. The second-order valence-corrected chi connectivity index (χ2v) is 6.89. The summed E-state index contributed by atoms with van der Waals surface area (Å²) in [5.41, 5.74) is 0.831. The molecule has 3 N–H and O–H groups in total. The molecule has 2 aromatic rings. The summed E-state index contributed by atoms with van der Waals surface area (Å²) in [6.07, 6.45) is -0.320. The Balaban J connectivity index is 1.63. The number of hydrogen-bond donors (Lipinski definition) is 3. The van der Waals surface area contributed by atoms with E-state index in [0.717, 1.165) is 11.1 Å². The zero-order chi connectivity index (χ0) is 17.9. The number of aliphatic hydroxyl groups excluding tert-OH is 1. The third-order valence-corrected chi connectivity index (χ3v) is 4.66. The number of β-amino-alcohol motifs (C(OH)–C–C–N with tert-alkyl or cyclic N) is 1. The van der Waals surface area contributed by atoms with Gasteiger partial charge >= 0.3 is 0 Å². The van der Waals surface area contributed by atoms with Gasteiger partial charge in [-0.15, -0.1) is 0 Å². The molecular weight excluding hydrogens is 318 g/mol. The average Bonchev–Trinajstić information content (AvgIpc) is 2.59. The molecule has 134 valence electrons. The number of piperidine rings is 1. The third-order valence-electron chi connectivity index (χ3n) is 4.66. The summed E-state index contributed by atoms with van der Waals surface area (Å²) in [6, 6.07) is 14.7. The van der Waals surface area contributed by atoms with E-state index >= 15 is 0 Å². The molecule has 1 aliphatic rings. The van der Waals surface area contributed by atoms with Crippen LogP contribution in [0.5, 0.6) is 11.5 Å². The van der Waals surface area contributed by atoms with Gasteiger partial charge in [-0.05, 0) is 48.7 Å². The van der Waals surface area contributed by atoms with Crippen molar-refractivity contribution in [2.75, 3.05) is 19.7 Å². The molecule has 1 aliphatic heterocycles. The number of benzene rings is 2. The number of phenols is 1. The standard InChI is InChI=1S/C20H25NO4/c1-15-3-2-4-18(11-15)25-14-20(24)13-21(10-9-19(20)23)12-16-5-7-17(22)8-6-16/h2-8,11,19,22-24H,9-10,12-14H2,1H3/t19-,20-/m0/s1. The van der Waals surface area contributed by atoms with Crippen molar-refractivity contribution in [1.29, 1.82) is 0 Å². The topological polar surface area (TPSA) is 73.2 Å². The molecule has 2 atom stereocenters. The summed E-state index contributed by atoms with van der Waals surface area (Å²) in [5, 5.41) is 30.6. The molecule has 1 fully saturated rings. The van der Waals surface area contributed by atoms with Gasteiger partial charge in [-0.3, -0.25) is 4.90 Å². The number of phenolic OH excluding ortho intramolecular Hbond substituents is 1. The molecule has 0 saturated carbocycles. The number of nitrogens with zero attached hydrogens (tertiary/aromatic N) is 1. The molecule has 5 heteroatoms. The minimum absolute atomic E-state index is 0.0453. The fraction of sp³-hybridized carbons (Fsp3) is 0.400. The molecule has 0 radical (unpaired) electrons. The van der Waals surface area contributed by atoms with Gasteiger partial charge < -0.3 is 20.1 Å². The Hall–Kier alpha value is -2.08. The van der Waals surface area contributed by atoms with E-state index in [1.807, 2.05) is 43.3 Å². The number of aliphatic hydroxyl groups is 2. The molecule has 2 aromatic carbocycles. The van der Waals surface area contributed by atoms with Crippen LogP contribution >= 0.6 is 0 Å². The Morgan fingerprint density at radius 2 is 1.96 bits per heavy atom. The minimum Gasteiger partial charge on any atom is -0.508 e. The van der Waals surface area contributed by atoms with Gasteiger partial charge in [0.05, 0.1) is 6.10 Å². The summed E-state index contributed by atoms with van der Waals surface area (Å²) in [7, 11) is 0. The van der Waals surface area contributed by atoms with Crippen molar-refractivity contribution in [3.8, 4) is 11.5 Å². The van der Waals surface area contributed by atoms with Crippen LogP contribution in [-0.4, -0.2) is 51.6 Å². The highest BCUT2D eigenvalue weighted by molar-refractivity contribution is 5.28. The maximum absolute atomic E-state index is 10.9. The molecule has 1 heterocycles. The van der Waals surface area contributed by atoms with Crippen LogP contribution in [0.15, 0.2) is 48.5 Å². The lowest BCUT2D eigenvalue weighted by molar-refractivity contribution is -0.140. The summed E-state index contributed by atoms with van der Waals surface area (Å²) in [4.78, 5) is 2.10. The summed E-state index contributed by atoms with van der Waals surface area (Å²) >= 11 is 0. The van der Waals surface area contributed by atoms with E-state index < -0.39 is 11.7 Å². The second-order valence-electron chi connectivity index (χ2n) is 6.89. The first-order valence-electron chi connectivity index (χ1n) is 8.55. The highest BCUT2D eigenvalue weighted by atomic mass is 16.5. The smallest absolute Gasteiger partial charge is 0.137 e. The van der Waals surface area contributed by atoms with Crippen LogP contribution in [0.2, 0.25) is 0 Å². The first kappa shape index (κ1) is 17.7. The molecule has 1 saturated heterocycles. The van der Waals surface area contributed by atoms with Gasteiger partial charge in [0.25, 0.3) is 0 Å². The van der Waals surface area contributed by atoms with Crippen LogP contribution in [0, 0.1) is 6.92 Å². The largest absolute Gasteiger partial charge is 0.508 e. The van der Waals surface area contributed by atoms with Crippen molar-refractivity contribution in [2.45, 2.75) is 31.6 Å². The highest BCUT2D eigenvalue weighted by Gasteiger charge is 2.41. The van der Waals surface area contributed by atoms with Crippen molar-refractivity contribution in [3.63, 3.8) is 0 Å². The summed E-state index contributed by atoms with van der Waals surface area (Å²) in [6.45, 7) is 3.72. The molecule has 0 bridgehead atoms. The average molecular weight is 343 g/mol. The van der Waals surface area contributed by atoms with E-state index in [2.05, 4.69) is 4.90 Å². The molecule has 25 heavy (non-hydrogen) atoms. The highest BCUT2D eigenvalue weighted by Crippen LogP contribution is 2.25. The number of aromatic hydroxyl groups is 1. The number of ether oxygens (including phenoxy) is 1. The Morgan fingerprint density at radius 1 is 1.20 bits per heavy atom. The van der Waals surface area contributed by atoms with E-state index in [0.29, 0.717) is 31.8 Å². The Morgan fingerprint density at radius 3 is 2.68 bits per heavy atom. The number of rotatable bonds is 5. The lowest BCUT2D eigenvalue weighted by atomic mass is 9.90. The monoisotopic (exact) mass is 343 g/mol. The SMILES string of the molecule is Cc1cccc(OC[C@@]2(O)CN(Cc3ccc(O)cc3)CC[C@@H]2O)c1. The van der Waals surface area contributed by atoms with E-state index in [9.17, 15) is 15.3 Å². The lowest BCUT2D eigenvalue weighted by Gasteiger charge is -2.42. The molecule has 0 aromatic heterocycles. The number of aryl methyl sites for hydroxylation is 1. The van der Waals surface area contributed by atoms with Crippen molar-refractivity contribution in [2.24, 2.45) is 0 Å².